The summed E-state index contributed by atoms with van der Waals surface area (Å²) in [6, 6.07) is 4.63. The van der Waals surface area contributed by atoms with Crippen molar-refractivity contribution in [1.29, 1.82) is 0 Å². The van der Waals surface area contributed by atoms with E-state index in [0.29, 0.717) is 12.0 Å². The molecule has 2 heterocycles. The molecule has 0 saturated carbocycles. The van der Waals surface area contributed by atoms with Gasteiger partial charge in [-0.15, -0.1) is 0 Å². The predicted octanol–water partition coefficient (Wildman–Crippen LogP) is 9.84. The first-order valence-electron chi connectivity index (χ1n) is 18.7. The van der Waals surface area contributed by atoms with E-state index in [1.807, 2.05) is 0 Å². The number of carbonyl (C=O) groups is 2. The quantitative estimate of drug-likeness (QED) is 0.0986. The number of nitrogens with zero attached hydrogens (tertiary/aromatic N) is 1. The molecule has 0 radical (unpaired) electrons. The van der Waals surface area contributed by atoms with Crippen molar-refractivity contribution in [2.45, 2.75) is 141 Å². The maximum Gasteiger partial charge on any atom is 0.306 e. The van der Waals surface area contributed by atoms with Crippen molar-refractivity contribution in [3.05, 3.63) is 52.3 Å². The van der Waals surface area contributed by atoms with E-state index in [-0.39, 0.29) is 73.4 Å². The number of hydrogen-bond acceptors (Lipinski definition) is 6. The summed E-state index contributed by atoms with van der Waals surface area (Å²) >= 11 is 5.84. The first-order valence-corrected chi connectivity index (χ1v) is 19.0. The molecule has 7 nitrogen and oxygen atoms in total. The van der Waals surface area contributed by atoms with Crippen LogP contribution in [0.2, 0.25) is 5.02 Å². The predicted molar refractivity (Wildman–Crippen MR) is 191 cm³/mol. The molecule has 1 fully saturated rings. The topological polar surface area (TPSA) is 88.1 Å². The first-order chi connectivity index (χ1) is 24.1. The molecule has 2 aromatic carbocycles. The molecule has 2 aliphatic heterocycles. The van der Waals surface area contributed by atoms with Gasteiger partial charge >= 0.3 is 5.97 Å². The van der Waals surface area contributed by atoms with Gasteiger partial charge in [-0.1, -0.05) is 108 Å². The van der Waals surface area contributed by atoms with E-state index in [9.17, 15) is 27.9 Å². The molecule has 4 rings (SSSR count). The lowest BCUT2D eigenvalue weighted by Gasteiger charge is -2.44. The molecule has 1 amide bonds. The number of amides is 1. The molecular formula is C39H54ClF3N2O5. The van der Waals surface area contributed by atoms with Crippen LogP contribution in [0.1, 0.15) is 128 Å². The number of nitrogens with one attached hydrogen (secondary N) is 1. The average molecular weight is 723 g/mol. The molecule has 0 aromatic heterocycles. The third kappa shape index (κ3) is 11.8. The third-order valence-electron chi connectivity index (χ3n) is 9.92. The Labute approximate surface area is 300 Å². The monoisotopic (exact) mass is 722 g/mol. The van der Waals surface area contributed by atoms with E-state index in [1.54, 1.807) is 0 Å². The lowest BCUT2D eigenvalue weighted by molar-refractivity contribution is -0.172. The van der Waals surface area contributed by atoms with Gasteiger partial charge in [0.15, 0.2) is 17.7 Å². The molecule has 2 aliphatic rings. The number of hydrogen-bond donors (Lipinski definition) is 2. The third-order valence-corrected chi connectivity index (χ3v) is 10.1. The molecule has 1 saturated heterocycles. The minimum Gasteiger partial charge on any atom is -0.490 e. The molecule has 278 valence electrons. The highest BCUT2D eigenvalue weighted by atomic mass is 35.5. The van der Waals surface area contributed by atoms with Crippen molar-refractivity contribution in [3.63, 3.8) is 0 Å². The summed E-state index contributed by atoms with van der Waals surface area (Å²) in [7, 11) is 0. The number of esters is 1. The van der Waals surface area contributed by atoms with Crippen LogP contribution in [0.5, 0.6) is 5.75 Å². The van der Waals surface area contributed by atoms with Gasteiger partial charge in [-0.05, 0) is 37.1 Å². The molecule has 2 atom stereocenters. The zero-order valence-corrected chi connectivity index (χ0v) is 30.2. The van der Waals surface area contributed by atoms with Crippen LogP contribution in [0.15, 0.2) is 24.3 Å². The van der Waals surface area contributed by atoms with Crippen molar-refractivity contribution in [3.8, 4) is 5.75 Å². The second-order valence-electron chi connectivity index (χ2n) is 13.9. The summed E-state index contributed by atoms with van der Waals surface area (Å²) in [5.41, 5.74) is -1.51. The van der Waals surface area contributed by atoms with E-state index >= 15 is 0 Å². The number of halogens is 4. The minimum atomic E-state index is -1.71. The molecule has 2 aromatic rings. The van der Waals surface area contributed by atoms with Crippen molar-refractivity contribution >= 4 is 34.9 Å². The van der Waals surface area contributed by atoms with E-state index in [4.69, 9.17) is 21.1 Å². The van der Waals surface area contributed by atoms with Gasteiger partial charge in [0.2, 0.25) is 5.91 Å². The minimum absolute atomic E-state index is 0.0362. The average Bonchev–Trinajstić information content (AvgIpc) is 3.07. The summed E-state index contributed by atoms with van der Waals surface area (Å²) in [6.45, 7) is 1.78. The molecule has 0 spiro atoms. The van der Waals surface area contributed by atoms with E-state index in [2.05, 4.69) is 12.2 Å². The highest BCUT2D eigenvalue weighted by Gasteiger charge is 2.46. The van der Waals surface area contributed by atoms with E-state index < -0.39 is 35.1 Å². The van der Waals surface area contributed by atoms with E-state index in [0.717, 1.165) is 31.4 Å². The molecule has 2 N–H and O–H groups in total. The fourth-order valence-electron chi connectivity index (χ4n) is 6.92. The second kappa shape index (κ2) is 20.2. The van der Waals surface area contributed by atoms with Gasteiger partial charge in [-0.3, -0.25) is 9.59 Å². The standard InChI is InChI=1S/C39H54ClF3N2O5/c1-2-3-4-5-6-7-8-9-10-11-12-13-14-15-16-17-36(47)50-34-26-45(38-31(42)24-28(40)25-32(38)43)23-22-39(34,48)27-49-33-20-19-30(41)37-29(33)18-21-35(46)44-37/h19-20,24-25,34,48H,2-18,21-23,26-27H2,1H3,(H,44,46). The number of unbranched alkanes of at least 4 members (excludes halogenated alkanes) is 14. The normalized spacial score (nSPS) is 18.9. The fraction of sp³-hybridized carbons (Fsp3) is 0.641. The Kier molecular flexibility index (Phi) is 16.0. The SMILES string of the molecule is CCCCCCCCCCCCCCCCCC(=O)OC1CN(c2c(F)cc(Cl)cc2F)CCC1(O)COc1ccc(F)c2c1CCC(=O)N2. The summed E-state index contributed by atoms with van der Waals surface area (Å²) in [5, 5.41) is 14.3. The number of benzene rings is 2. The van der Waals surface area contributed by atoms with Crippen LogP contribution >= 0.6 is 11.6 Å². The summed E-state index contributed by atoms with van der Waals surface area (Å²) in [6.07, 6.45) is 17.4. The van der Waals surface area contributed by atoms with Gasteiger partial charge in [0.05, 0.1) is 12.2 Å². The number of aliphatic hydroxyl groups is 1. The Hall–Kier alpha value is -2.98. The fourth-order valence-corrected chi connectivity index (χ4v) is 7.11. The Morgan fingerprint density at radius 1 is 0.900 bits per heavy atom. The summed E-state index contributed by atoms with van der Waals surface area (Å²) < 4.78 is 56.0. The number of ether oxygens (including phenoxy) is 2. The summed E-state index contributed by atoms with van der Waals surface area (Å²) in [4.78, 5) is 26.3. The number of piperidine rings is 1. The van der Waals surface area contributed by atoms with Gasteiger partial charge in [0.25, 0.3) is 0 Å². The van der Waals surface area contributed by atoms with Gasteiger partial charge < -0.3 is 24.8 Å². The summed E-state index contributed by atoms with van der Waals surface area (Å²) in [5.74, 6) is -2.84. The lowest BCUT2D eigenvalue weighted by Crippen LogP contribution is -2.60. The second-order valence-corrected chi connectivity index (χ2v) is 14.4. The van der Waals surface area contributed by atoms with Gasteiger partial charge in [-0.25, -0.2) is 13.2 Å². The zero-order chi connectivity index (χ0) is 35.9. The van der Waals surface area contributed by atoms with Crippen LogP contribution in [0, 0.1) is 17.5 Å². The molecule has 2 unspecified atom stereocenters. The van der Waals surface area contributed by atoms with E-state index in [1.165, 1.54) is 87.7 Å². The van der Waals surface area contributed by atoms with Crippen LogP contribution < -0.4 is 15.0 Å². The van der Waals surface area contributed by atoms with Crippen LogP contribution in [-0.2, 0) is 20.7 Å². The van der Waals surface area contributed by atoms with Gasteiger partial charge in [-0.2, -0.15) is 0 Å². The van der Waals surface area contributed by atoms with Crippen LogP contribution in [-0.4, -0.2) is 48.4 Å². The zero-order valence-electron chi connectivity index (χ0n) is 29.5. The Balaban J connectivity index is 1.27. The molecular weight excluding hydrogens is 669 g/mol. The molecule has 0 bridgehead atoms. The van der Waals surface area contributed by atoms with Crippen LogP contribution in [0.4, 0.5) is 24.5 Å². The Morgan fingerprint density at radius 2 is 1.48 bits per heavy atom. The highest BCUT2D eigenvalue weighted by Crippen LogP contribution is 2.37. The largest absolute Gasteiger partial charge is 0.490 e. The Bertz CT molecular complexity index is 1390. The number of carbonyl (C=O) groups excluding carboxylic acids is 2. The van der Waals surface area contributed by atoms with Crippen molar-refractivity contribution in [1.82, 2.24) is 0 Å². The van der Waals surface area contributed by atoms with Crippen molar-refractivity contribution in [2.75, 3.05) is 29.9 Å². The maximum atomic E-state index is 14.9. The first kappa shape index (κ1) is 39.8. The van der Waals surface area contributed by atoms with Crippen molar-refractivity contribution in [2.24, 2.45) is 0 Å². The van der Waals surface area contributed by atoms with Gasteiger partial charge in [0.1, 0.15) is 29.5 Å². The Morgan fingerprint density at radius 3 is 2.08 bits per heavy atom. The number of anilines is 2. The lowest BCUT2D eigenvalue weighted by atomic mass is 9.88. The van der Waals surface area contributed by atoms with Crippen LogP contribution in [0.3, 0.4) is 0 Å². The molecule has 0 aliphatic carbocycles. The number of rotatable bonds is 21. The number of fused-ring (bicyclic) bond motifs is 1. The van der Waals surface area contributed by atoms with Gasteiger partial charge in [0, 0.05) is 36.4 Å². The molecule has 11 heteroatoms. The highest BCUT2D eigenvalue weighted by molar-refractivity contribution is 6.30. The smallest absolute Gasteiger partial charge is 0.306 e. The molecule has 50 heavy (non-hydrogen) atoms. The van der Waals surface area contributed by atoms with Crippen LogP contribution in [0.25, 0.3) is 0 Å². The van der Waals surface area contributed by atoms with Crippen molar-refractivity contribution < 1.29 is 37.3 Å². The maximum absolute atomic E-state index is 14.9.